The molecule has 128 valence electrons. The minimum Gasteiger partial charge on any atom is -0.337 e. The van der Waals surface area contributed by atoms with Crippen LogP contribution in [-0.2, 0) is 16.6 Å². The van der Waals surface area contributed by atoms with Crippen LogP contribution >= 0.6 is 0 Å². The summed E-state index contributed by atoms with van der Waals surface area (Å²) in [5.74, 6) is -0.590. The SMILES string of the molecule is CS(=O)Cc1cccc(C(=O)NC(c2ccccc2)C(F)(F)F)c1. The van der Waals surface area contributed by atoms with Gasteiger partial charge in [-0.2, -0.15) is 13.2 Å². The summed E-state index contributed by atoms with van der Waals surface area (Å²) in [6, 6.07) is 11.2. The lowest BCUT2D eigenvalue weighted by molar-refractivity contribution is -0.155. The second-order valence-electron chi connectivity index (χ2n) is 5.28. The number of benzene rings is 2. The van der Waals surface area contributed by atoms with E-state index in [4.69, 9.17) is 0 Å². The van der Waals surface area contributed by atoms with Crippen molar-refractivity contribution in [3.05, 3.63) is 71.3 Å². The topological polar surface area (TPSA) is 46.2 Å². The first-order chi connectivity index (χ1) is 11.3. The molecule has 3 nitrogen and oxygen atoms in total. The highest BCUT2D eigenvalue weighted by Gasteiger charge is 2.41. The van der Waals surface area contributed by atoms with E-state index in [0.29, 0.717) is 5.56 Å². The fraction of sp³-hybridized carbons (Fsp3) is 0.235. The Morgan fingerprint density at radius 2 is 1.79 bits per heavy atom. The van der Waals surface area contributed by atoms with Gasteiger partial charge in [0.05, 0.1) is 0 Å². The molecule has 0 saturated heterocycles. The fourth-order valence-corrected chi connectivity index (χ4v) is 2.90. The molecular weight excluding hydrogens is 339 g/mol. The van der Waals surface area contributed by atoms with Gasteiger partial charge in [0.1, 0.15) is 0 Å². The first-order valence-corrected chi connectivity index (χ1v) is 8.81. The Morgan fingerprint density at radius 1 is 1.12 bits per heavy atom. The molecule has 0 aromatic heterocycles. The zero-order chi connectivity index (χ0) is 17.7. The molecule has 2 aromatic carbocycles. The molecule has 2 unspecified atom stereocenters. The number of halogens is 3. The maximum atomic E-state index is 13.3. The van der Waals surface area contributed by atoms with Gasteiger partial charge in [0, 0.05) is 28.4 Å². The highest BCUT2D eigenvalue weighted by atomic mass is 32.2. The van der Waals surface area contributed by atoms with Crippen LogP contribution in [0.25, 0.3) is 0 Å². The number of rotatable bonds is 5. The second-order valence-corrected chi connectivity index (χ2v) is 6.71. The molecule has 0 aliphatic rings. The number of carbonyl (C=O) groups excluding carboxylic acids is 1. The highest BCUT2D eigenvalue weighted by Crippen LogP contribution is 2.32. The van der Waals surface area contributed by atoms with Gasteiger partial charge < -0.3 is 5.32 Å². The molecule has 0 aliphatic heterocycles. The molecule has 2 rings (SSSR count). The van der Waals surface area contributed by atoms with Gasteiger partial charge in [-0.3, -0.25) is 9.00 Å². The second kappa shape index (κ2) is 7.61. The molecule has 24 heavy (non-hydrogen) atoms. The summed E-state index contributed by atoms with van der Waals surface area (Å²) in [5, 5.41) is 2.03. The zero-order valence-electron chi connectivity index (χ0n) is 12.8. The van der Waals surface area contributed by atoms with Crippen LogP contribution in [0.15, 0.2) is 54.6 Å². The molecule has 0 spiro atoms. The monoisotopic (exact) mass is 355 g/mol. The highest BCUT2D eigenvalue weighted by molar-refractivity contribution is 7.83. The number of nitrogens with one attached hydrogen (secondary N) is 1. The van der Waals surface area contributed by atoms with Gasteiger partial charge in [-0.15, -0.1) is 0 Å². The Kier molecular flexibility index (Phi) is 5.77. The standard InChI is InChI=1S/C17H16F3NO2S/c1-24(23)11-12-6-5-9-14(10-12)16(22)21-15(17(18,19)20)13-7-3-2-4-8-13/h2-10,15H,11H2,1H3,(H,21,22). The summed E-state index contributed by atoms with van der Waals surface area (Å²) in [5.41, 5.74) is 0.694. The molecule has 0 bridgehead atoms. The predicted octanol–water partition coefficient (Wildman–Crippen LogP) is 3.60. The van der Waals surface area contributed by atoms with Crippen molar-refractivity contribution in [3.8, 4) is 0 Å². The lowest BCUT2D eigenvalue weighted by Gasteiger charge is -2.22. The first kappa shape index (κ1) is 18.2. The average molecular weight is 355 g/mol. The Balaban J connectivity index is 2.24. The predicted molar refractivity (Wildman–Crippen MR) is 86.9 cm³/mol. The van der Waals surface area contributed by atoms with Crippen molar-refractivity contribution in [2.24, 2.45) is 0 Å². The van der Waals surface area contributed by atoms with Crippen molar-refractivity contribution in [2.45, 2.75) is 18.0 Å². The normalized spacial score (nSPS) is 14.0. The van der Waals surface area contributed by atoms with Gasteiger partial charge in [-0.25, -0.2) is 0 Å². The van der Waals surface area contributed by atoms with E-state index < -0.39 is 28.9 Å². The Labute approximate surface area is 140 Å². The van der Waals surface area contributed by atoms with Crippen LogP contribution in [0.3, 0.4) is 0 Å². The van der Waals surface area contributed by atoms with Gasteiger partial charge in [-0.1, -0.05) is 42.5 Å². The Morgan fingerprint density at radius 3 is 2.38 bits per heavy atom. The molecule has 1 N–H and O–H groups in total. The first-order valence-electron chi connectivity index (χ1n) is 7.09. The van der Waals surface area contributed by atoms with Crippen molar-refractivity contribution in [2.75, 3.05) is 6.26 Å². The maximum absolute atomic E-state index is 13.3. The number of amides is 1. The number of hydrogen-bond donors (Lipinski definition) is 1. The summed E-state index contributed by atoms with van der Waals surface area (Å²) < 4.78 is 51.1. The molecule has 0 fully saturated rings. The number of hydrogen-bond acceptors (Lipinski definition) is 2. The van der Waals surface area contributed by atoms with Crippen LogP contribution in [-0.4, -0.2) is 22.5 Å². The minimum absolute atomic E-state index is 0.0378. The van der Waals surface area contributed by atoms with Crippen molar-refractivity contribution in [3.63, 3.8) is 0 Å². The van der Waals surface area contributed by atoms with Crippen molar-refractivity contribution in [1.82, 2.24) is 5.32 Å². The lowest BCUT2D eigenvalue weighted by Crippen LogP contribution is -2.38. The number of carbonyl (C=O) groups is 1. The summed E-state index contributed by atoms with van der Waals surface area (Å²) in [4.78, 5) is 12.2. The summed E-state index contributed by atoms with van der Waals surface area (Å²) in [6.45, 7) is 0. The van der Waals surface area contributed by atoms with Crippen LogP contribution < -0.4 is 5.32 Å². The molecule has 0 saturated carbocycles. The summed E-state index contributed by atoms with van der Waals surface area (Å²) >= 11 is 0. The van der Waals surface area contributed by atoms with E-state index in [1.807, 2.05) is 5.32 Å². The van der Waals surface area contributed by atoms with E-state index in [1.54, 1.807) is 18.2 Å². The van der Waals surface area contributed by atoms with E-state index in [-0.39, 0.29) is 16.9 Å². The van der Waals surface area contributed by atoms with E-state index in [2.05, 4.69) is 0 Å². The molecular formula is C17H16F3NO2S. The minimum atomic E-state index is -4.61. The summed E-state index contributed by atoms with van der Waals surface area (Å²) in [6.07, 6.45) is -3.10. The van der Waals surface area contributed by atoms with E-state index in [1.165, 1.54) is 42.7 Å². The molecule has 1 amide bonds. The van der Waals surface area contributed by atoms with Gasteiger partial charge in [0.2, 0.25) is 0 Å². The van der Waals surface area contributed by atoms with Crippen molar-refractivity contribution < 1.29 is 22.2 Å². The molecule has 2 atom stereocenters. The van der Waals surface area contributed by atoms with Crippen molar-refractivity contribution >= 4 is 16.7 Å². The average Bonchev–Trinajstić information content (AvgIpc) is 2.51. The maximum Gasteiger partial charge on any atom is 0.412 e. The van der Waals surface area contributed by atoms with E-state index in [0.717, 1.165) is 0 Å². The number of alkyl halides is 3. The summed E-state index contributed by atoms with van der Waals surface area (Å²) in [7, 11) is -1.10. The zero-order valence-corrected chi connectivity index (χ0v) is 13.7. The van der Waals surface area contributed by atoms with Crippen LogP contribution in [0.2, 0.25) is 0 Å². The quantitative estimate of drug-likeness (QED) is 0.891. The largest absolute Gasteiger partial charge is 0.412 e. The third-order valence-electron chi connectivity index (χ3n) is 3.29. The fourth-order valence-electron chi connectivity index (χ4n) is 2.25. The smallest absolute Gasteiger partial charge is 0.337 e. The van der Waals surface area contributed by atoms with E-state index in [9.17, 15) is 22.2 Å². The van der Waals surface area contributed by atoms with Crippen molar-refractivity contribution in [1.29, 1.82) is 0 Å². The Bertz CT molecular complexity index is 732. The Hall–Kier alpha value is -2.15. The van der Waals surface area contributed by atoms with Gasteiger partial charge >= 0.3 is 6.18 Å². The molecule has 2 aromatic rings. The van der Waals surface area contributed by atoms with Crippen LogP contribution in [0, 0.1) is 0 Å². The van der Waals surface area contributed by atoms with Crippen LogP contribution in [0.5, 0.6) is 0 Å². The molecule has 0 aliphatic carbocycles. The van der Waals surface area contributed by atoms with Crippen LogP contribution in [0.4, 0.5) is 13.2 Å². The molecule has 0 heterocycles. The van der Waals surface area contributed by atoms with Crippen LogP contribution in [0.1, 0.15) is 27.5 Å². The van der Waals surface area contributed by atoms with Gasteiger partial charge in [-0.05, 0) is 23.3 Å². The third-order valence-corrected chi connectivity index (χ3v) is 4.03. The molecule has 0 radical (unpaired) electrons. The van der Waals surface area contributed by atoms with Gasteiger partial charge in [0.25, 0.3) is 5.91 Å². The van der Waals surface area contributed by atoms with E-state index >= 15 is 0 Å². The third kappa shape index (κ3) is 4.92. The molecule has 7 heteroatoms. The lowest BCUT2D eigenvalue weighted by atomic mass is 10.1. The van der Waals surface area contributed by atoms with Gasteiger partial charge in [0.15, 0.2) is 6.04 Å².